The first-order valence-electron chi connectivity index (χ1n) is 31.9. The minimum Gasteiger partial charge on any atom is -0.497 e. The molecule has 8 atom stereocenters. The Kier molecular flexibility index (Phi) is 21.7. The van der Waals surface area contributed by atoms with Crippen LogP contribution < -0.4 is 29.6 Å². The number of ether oxygens (including phenoxy) is 7. The van der Waals surface area contributed by atoms with Crippen molar-refractivity contribution in [2.45, 2.75) is 59.7 Å². The van der Waals surface area contributed by atoms with Gasteiger partial charge in [0.15, 0.2) is 58.8 Å². The van der Waals surface area contributed by atoms with Gasteiger partial charge in [-0.2, -0.15) is 0 Å². The third-order valence-corrected chi connectivity index (χ3v) is 18.0. The predicted octanol–water partition coefficient (Wildman–Crippen LogP) is 11.6. The fourth-order valence-corrected chi connectivity index (χ4v) is 12.4. The third kappa shape index (κ3) is 14.5. The summed E-state index contributed by atoms with van der Waals surface area (Å²) in [5, 5.41) is 35.6. The van der Waals surface area contributed by atoms with Crippen LogP contribution in [0, 0.1) is 0 Å². The van der Waals surface area contributed by atoms with Crippen LogP contribution in [-0.4, -0.2) is 145 Å². The summed E-state index contributed by atoms with van der Waals surface area (Å²) in [6, 6.07) is 67.7. The Morgan fingerprint density at radius 3 is 1.16 bits per heavy atom. The van der Waals surface area contributed by atoms with E-state index in [2.05, 4.69) is 40.5 Å². The van der Waals surface area contributed by atoms with E-state index in [-0.39, 0.29) is 52.4 Å². The number of nitrogens with one attached hydrogen (secondary N) is 2. The second kappa shape index (κ2) is 31.4. The van der Waals surface area contributed by atoms with Crippen molar-refractivity contribution in [1.82, 2.24) is 39.0 Å². The minimum absolute atomic E-state index is 0.156. The number of benzene rings is 8. The molecule has 6 heterocycles. The smallest absolute Gasteiger partial charge is 0.256 e. The SMILES string of the molecule is COc1ccc(C(Cl)(c2ccccc2)c2ccc(OC)cc2)cc1.COc1ccc(C(OC[C@H]2O[C@@H](n3cnc4c(NC(=O)c5ccccc5)ncnc43)[C@H](F)[C@@H]2O)(c2ccccc2)c2ccc(OC)cc2)cc1.O=C(Nc1ncnc2c1ncn2[C@@H]1O[C@H](CO)[C@@H](O)[C@H]1F)c1ccccc1. The van der Waals surface area contributed by atoms with E-state index in [0.717, 1.165) is 44.9 Å². The van der Waals surface area contributed by atoms with Crippen molar-refractivity contribution >= 4 is 57.4 Å². The second-order valence-electron chi connectivity index (χ2n) is 23.2. The van der Waals surface area contributed by atoms with Crippen LogP contribution >= 0.6 is 11.6 Å². The lowest BCUT2D eigenvalue weighted by Crippen LogP contribution is -2.39. The van der Waals surface area contributed by atoms with Gasteiger partial charge in [0.25, 0.3) is 11.8 Å². The van der Waals surface area contributed by atoms with Crippen molar-refractivity contribution in [2.24, 2.45) is 0 Å². The molecule has 0 spiro atoms. The highest BCUT2D eigenvalue weighted by Crippen LogP contribution is 2.46. The van der Waals surface area contributed by atoms with Gasteiger partial charge in [-0.3, -0.25) is 18.7 Å². The lowest BCUT2D eigenvalue weighted by molar-refractivity contribution is -0.0935. The van der Waals surface area contributed by atoms with Gasteiger partial charge in [-0.25, -0.2) is 38.7 Å². The van der Waals surface area contributed by atoms with E-state index in [1.807, 2.05) is 164 Å². The highest BCUT2D eigenvalue weighted by molar-refractivity contribution is 6.28. The lowest BCUT2D eigenvalue weighted by Gasteiger charge is -2.37. The molecule has 101 heavy (non-hydrogen) atoms. The molecule has 5 N–H and O–H groups in total. The van der Waals surface area contributed by atoms with Gasteiger partial charge in [-0.1, -0.05) is 146 Å². The van der Waals surface area contributed by atoms with Crippen LogP contribution in [0.25, 0.3) is 22.3 Å². The number of imidazole rings is 2. The maximum atomic E-state index is 16.0. The zero-order valence-electron chi connectivity index (χ0n) is 54.9. The number of fused-ring (bicyclic) bond motifs is 2. The Morgan fingerprint density at radius 2 is 0.792 bits per heavy atom. The van der Waals surface area contributed by atoms with Gasteiger partial charge < -0.3 is 59.1 Å². The Labute approximate surface area is 583 Å². The van der Waals surface area contributed by atoms with Crippen molar-refractivity contribution in [3.8, 4) is 23.0 Å². The van der Waals surface area contributed by atoms with E-state index in [9.17, 15) is 29.3 Å². The van der Waals surface area contributed by atoms with Crippen molar-refractivity contribution in [3.05, 3.63) is 288 Å². The van der Waals surface area contributed by atoms with E-state index in [0.29, 0.717) is 22.6 Å². The Morgan fingerprint density at radius 1 is 0.465 bits per heavy atom. The van der Waals surface area contributed by atoms with Crippen molar-refractivity contribution in [3.63, 3.8) is 0 Å². The minimum atomic E-state index is -1.86. The summed E-state index contributed by atoms with van der Waals surface area (Å²) < 4.78 is 72.9. The molecule has 2 amide bonds. The Balaban J connectivity index is 0.000000159. The number of amides is 2. The zero-order chi connectivity index (χ0) is 70.6. The number of carbonyl (C=O) groups is 2. The van der Waals surface area contributed by atoms with Crippen LogP contribution in [0.2, 0.25) is 0 Å². The quantitative estimate of drug-likeness (QED) is 0.0350. The number of halogens is 3. The molecule has 14 rings (SSSR count). The largest absolute Gasteiger partial charge is 0.497 e. The number of nitrogens with zero attached hydrogens (tertiary/aromatic N) is 8. The van der Waals surface area contributed by atoms with E-state index in [4.69, 9.17) is 44.8 Å². The summed E-state index contributed by atoms with van der Waals surface area (Å²) in [5.74, 6) is 2.51. The summed E-state index contributed by atoms with van der Waals surface area (Å²) in [5.41, 5.74) is 5.96. The van der Waals surface area contributed by atoms with Crippen molar-refractivity contribution in [2.75, 3.05) is 52.3 Å². The van der Waals surface area contributed by atoms with Crippen molar-refractivity contribution in [1.29, 1.82) is 0 Å². The van der Waals surface area contributed by atoms with E-state index < -0.39 is 66.3 Å². The molecular weight excluding hydrogens is 1320 g/mol. The predicted molar refractivity (Wildman–Crippen MR) is 373 cm³/mol. The van der Waals surface area contributed by atoms with Crippen LogP contribution in [0.1, 0.15) is 66.6 Å². The lowest BCUT2D eigenvalue weighted by atomic mass is 9.80. The number of rotatable bonds is 20. The van der Waals surface area contributed by atoms with Crippen LogP contribution in [0.3, 0.4) is 0 Å². The highest BCUT2D eigenvalue weighted by atomic mass is 35.5. The standard InChI is InChI=1S/C38H34FN5O6.C21H19ClO2.C17H16FN5O4/c1-47-28-17-13-26(14-18-28)38(25-11-7-4-8-12-25,27-15-19-29(48-2)20-16-27)49-21-30-33(45)31(39)37(50-30)44-23-42-32-34(40-22-41-35(32)44)43-36(46)24-9-5-3-6-10-24;1-23-19-12-8-17(9-13-19)21(22,16-6-4-3-5-7-16)18-10-14-20(24-2)15-11-18;18-11-13(25)10(6-24)27-17(11)23-8-21-12-14(19-7-20-15(12)23)22-16(26)9-4-2-1-3-5-9/h3-20,22-23,30-31,33,37,45H,21H2,1-2H3,(H,40,41,43,46);3-15H,1-2H3;1-5,7-8,10-11,13,17,24-25H,6H2,(H,19,20,22,26)/t30-,31-,33-,37-;;10-,11-,13-,17-/m1.1/s1. The summed E-state index contributed by atoms with van der Waals surface area (Å²) in [4.78, 5) is 49.5. The van der Waals surface area contributed by atoms with E-state index in [1.54, 1.807) is 83.0 Å². The number of carbonyl (C=O) groups excluding carboxylic acids is 2. The van der Waals surface area contributed by atoms with Crippen LogP contribution in [0.5, 0.6) is 23.0 Å². The molecule has 0 aliphatic carbocycles. The molecule has 25 heteroatoms. The molecule has 0 radical (unpaired) electrons. The average molecular weight is 1390 g/mol. The number of hydrogen-bond donors (Lipinski definition) is 5. The summed E-state index contributed by atoms with van der Waals surface area (Å²) in [6.07, 6.45) is -6.13. The normalized spacial score (nSPS) is 18.7. The molecule has 0 unspecified atom stereocenters. The van der Waals surface area contributed by atoms with Crippen LogP contribution in [0.4, 0.5) is 20.4 Å². The molecular formula is C76H69ClF2N10O12. The average Bonchev–Trinajstić information content (AvgIpc) is 1.75. The van der Waals surface area contributed by atoms with E-state index >= 15 is 4.39 Å². The maximum Gasteiger partial charge on any atom is 0.256 e. The molecule has 8 aromatic carbocycles. The number of alkyl halides is 3. The molecule has 2 aliphatic heterocycles. The summed E-state index contributed by atoms with van der Waals surface area (Å²) >= 11 is 7.22. The van der Waals surface area contributed by atoms with Crippen LogP contribution in [0.15, 0.2) is 244 Å². The number of methoxy groups -OCH3 is 4. The monoisotopic (exact) mass is 1390 g/mol. The molecule has 2 fully saturated rings. The van der Waals surface area contributed by atoms with Gasteiger partial charge in [-0.15, -0.1) is 11.6 Å². The molecule has 2 saturated heterocycles. The topological polar surface area (TPSA) is 271 Å². The first-order chi connectivity index (χ1) is 49.2. The fourth-order valence-electron chi connectivity index (χ4n) is 12.0. The molecule has 2 aliphatic rings. The number of anilines is 2. The highest BCUT2D eigenvalue weighted by Gasteiger charge is 2.49. The second-order valence-corrected chi connectivity index (χ2v) is 23.8. The first-order valence-corrected chi connectivity index (χ1v) is 32.2. The van der Waals surface area contributed by atoms with Gasteiger partial charge in [0.05, 0.1) is 54.3 Å². The fraction of sp³-hybridized carbons (Fsp3) is 0.211. The molecule has 12 aromatic rings. The first kappa shape index (κ1) is 69.8. The van der Waals surface area contributed by atoms with Gasteiger partial charge in [0, 0.05) is 11.1 Å². The van der Waals surface area contributed by atoms with E-state index in [1.165, 1.54) is 34.4 Å². The molecule has 22 nitrogen and oxygen atoms in total. The zero-order valence-corrected chi connectivity index (χ0v) is 55.6. The van der Waals surface area contributed by atoms with Crippen molar-refractivity contribution < 1.29 is 66.8 Å². The number of aliphatic hydroxyl groups is 3. The molecule has 0 saturated carbocycles. The number of hydrogen-bond acceptors (Lipinski definition) is 18. The summed E-state index contributed by atoms with van der Waals surface area (Å²) in [6.45, 7) is -0.705. The number of aliphatic hydroxyl groups excluding tert-OH is 3. The Bertz CT molecular complexity index is 4620. The molecule has 516 valence electrons. The molecule has 4 aromatic heterocycles. The van der Waals surface area contributed by atoms with Gasteiger partial charge in [0.2, 0.25) is 0 Å². The third-order valence-electron chi connectivity index (χ3n) is 17.4. The van der Waals surface area contributed by atoms with Crippen LogP contribution in [-0.2, 0) is 24.7 Å². The molecule has 0 bridgehead atoms. The summed E-state index contributed by atoms with van der Waals surface area (Å²) in [7, 11) is 6.51. The maximum absolute atomic E-state index is 16.0. The number of aromatic nitrogens is 8. The van der Waals surface area contributed by atoms with Gasteiger partial charge in [-0.05, 0) is 106 Å². The Hall–Kier alpha value is -11.1. The van der Waals surface area contributed by atoms with Gasteiger partial charge >= 0.3 is 0 Å². The van der Waals surface area contributed by atoms with Gasteiger partial charge in [0.1, 0.15) is 70.5 Å².